The number of amides is 1. The minimum atomic E-state index is -0.0639. The van der Waals surface area contributed by atoms with Gasteiger partial charge in [-0.2, -0.15) is 0 Å². The van der Waals surface area contributed by atoms with E-state index in [1.165, 1.54) is 0 Å². The van der Waals surface area contributed by atoms with Crippen molar-refractivity contribution in [3.05, 3.63) is 64.8 Å². The summed E-state index contributed by atoms with van der Waals surface area (Å²) in [5.41, 5.74) is 3.27. The number of aromatic amines is 1. The molecule has 0 bridgehead atoms. The lowest BCUT2D eigenvalue weighted by atomic mass is 10.1. The van der Waals surface area contributed by atoms with Crippen LogP contribution in [0.3, 0.4) is 0 Å². The Morgan fingerprint density at radius 2 is 1.86 bits per heavy atom. The van der Waals surface area contributed by atoms with Crippen LogP contribution in [-0.4, -0.2) is 17.9 Å². The van der Waals surface area contributed by atoms with Crippen molar-refractivity contribution >= 4 is 34.1 Å². The third kappa shape index (κ3) is 2.41. The molecule has 1 heterocycles. The van der Waals surface area contributed by atoms with E-state index in [9.17, 15) is 4.79 Å². The van der Waals surface area contributed by atoms with Gasteiger partial charge in [0.1, 0.15) is 5.69 Å². The molecule has 0 aliphatic rings. The molecule has 3 aromatic rings. The summed E-state index contributed by atoms with van der Waals surface area (Å²) in [4.78, 5) is 17.5. The normalized spacial score (nSPS) is 10.8. The van der Waals surface area contributed by atoms with Gasteiger partial charge in [-0.15, -0.1) is 0 Å². The SMILES string of the molecule is Cc1c(C(=O)N(C)c2ccccc2)[nH]c2cc(Cl)ccc12. The van der Waals surface area contributed by atoms with Gasteiger partial charge in [-0.25, -0.2) is 0 Å². The molecule has 3 rings (SSSR count). The first kappa shape index (κ1) is 13.7. The van der Waals surface area contributed by atoms with Crippen LogP contribution in [0, 0.1) is 6.92 Å². The van der Waals surface area contributed by atoms with Gasteiger partial charge in [0.25, 0.3) is 5.91 Å². The number of hydrogen-bond donors (Lipinski definition) is 1. The first-order chi connectivity index (χ1) is 10.1. The molecule has 0 unspecified atom stereocenters. The van der Waals surface area contributed by atoms with Crippen LogP contribution in [0.15, 0.2) is 48.5 Å². The predicted octanol–water partition coefficient (Wildman–Crippen LogP) is 4.41. The number of nitrogens with zero attached hydrogens (tertiary/aromatic N) is 1. The molecule has 0 fully saturated rings. The number of carbonyl (C=O) groups is 1. The highest BCUT2D eigenvalue weighted by atomic mass is 35.5. The highest BCUT2D eigenvalue weighted by Crippen LogP contribution is 2.26. The molecule has 0 saturated heterocycles. The number of hydrogen-bond acceptors (Lipinski definition) is 1. The number of aromatic nitrogens is 1. The molecule has 1 amide bonds. The van der Waals surface area contributed by atoms with E-state index in [1.807, 2.05) is 55.5 Å². The van der Waals surface area contributed by atoms with Gasteiger partial charge in [-0.3, -0.25) is 4.79 Å². The number of halogens is 1. The van der Waals surface area contributed by atoms with Crippen molar-refractivity contribution in [1.29, 1.82) is 0 Å². The second-order valence-corrected chi connectivity index (χ2v) is 5.45. The predicted molar refractivity (Wildman–Crippen MR) is 87.2 cm³/mol. The van der Waals surface area contributed by atoms with Gasteiger partial charge in [-0.1, -0.05) is 35.9 Å². The largest absolute Gasteiger partial charge is 0.350 e. The number of aryl methyl sites for hydroxylation is 1. The number of carbonyl (C=O) groups excluding carboxylic acids is 1. The topological polar surface area (TPSA) is 36.1 Å². The fourth-order valence-electron chi connectivity index (χ4n) is 2.46. The summed E-state index contributed by atoms with van der Waals surface area (Å²) in [5, 5.41) is 1.67. The van der Waals surface area contributed by atoms with Crippen LogP contribution in [-0.2, 0) is 0 Å². The standard InChI is InChI=1S/C17H15ClN2O/c1-11-14-9-8-12(18)10-15(14)19-16(11)17(21)20(2)13-6-4-3-5-7-13/h3-10,19H,1-2H3. The van der Waals surface area contributed by atoms with Gasteiger partial charge in [0.05, 0.1) is 0 Å². The van der Waals surface area contributed by atoms with E-state index in [4.69, 9.17) is 11.6 Å². The highest BCUT2D eigenvalue weighted by molar-refractivity contribution is 6.31. The lowest BCUT2D eigenvalue weighted by Crippen LogP contribution is -2.27. The molecule has 1 aromatic heterocycles. The van der Waals surface area contributed by atoms with Crippen molar-refractivity contribution < 1.29 is 4.79 Å². The molecule has 0 aliphatic heterocycles. The number of nitrogens with one attached hydrogen (secondary N) is 1. The Kier molecular flexibility index (Phi) is 3.43. The molecule has 3 nitrogen and oxygen atoms in total. The quantitative estimate of drug-likeness (QED) is 0.747. The average Bonchev–Trinajstić information content (AvgIpc) is 2.83. The van der Waals surface area contributed by atoms with Crippen LogP contribution < -0.4 is 4.90 Å². The second-order valence-electron chi connectivity index (χ2n) is 5.01. The van der Waals surface area contributed by atoms with Crippen molar-refractivity contribution in [2.75, 3.05) is 11.9 Å². The summed E-state index contributed by atoms with van der Waals surface area (Å²) in [6.07, 6.45) is 0. The number of rotatable bonds is 2. The van der Waals surface area contributed by atoms with Gasteiger partial charge < -0.3 is 9.88 Å². The van der Waals surface area contributed by atoms with Crippen LogP contribution in [0.25, 0.3) is 10.9 Å². The summed E-state index contributed by atoms with van der Waals surface area (Å²) >= 11 is 6.00. The fraction of sp³-hybridized carbons (Fsp3) is 0.118. The van der Waals surface area contributed by atoms with Crippen LogP contribution in [0.1, 0.15) is 16.1 Å². The molecule has 0 radical (unpaired) electrons. The summed E-state index contributed by atoms with van der Waals surface area (Å²) in [6, 6.07) is 15.2. The maximum absolute atomic E-state index is 12.7. The van der Waals surface area contributed by atoms with E-state index in [0.29, 0.717) is 10.7 Å². The summed E-state index contributed by atoms with van der Waals surface area (Å²) in [7, 11) is 1.77. The molecular weight excluding hydrogens is 284 g/mol. The second kappa shape index (κ2) is 5.26. The smallest absolute Gasteiger partial charge is 0.274 e. The monoisotopic (exact) mass is 298 g/mol. The van der Waals surface area contributed by atoms with E-state index < -0.39 is 0 Å². The number of benzene rings is 2. The Balaban J connectivity index is 2.04. The summed E-state index contributed by atoms with van der Waals surface area (Å²) in [5.74, 6) is -0.0639. The minimum Gasteiger partial charge on any atom is -0.350 e. The zero-order chi connectivity index (χ0) is 15.0. The lowest BCUT2D eigenvalue weighted by Gasteiger charge is -2.16. The number of para-hydroxylation sites is 1. The average molecular weight is 299 g/mol. The Bertz CT molecular complexity index is 808. The molecule has 0 aliphatic carbocycles. The minimum absolute atomic E-state index is 0.0639. The first-order valence-electron chi connectivity index (χ1n) is 6.69. The summed E-state index contributed by atoms with van der Waals surface area (Å²) in [6.45, 7) is 1.94. The van der Waals surface area contributed by atoms with Gasteiger partial charge in [0.2, 0.25) is 0 Å². The Hall–Kier alpha value is -2.26. The Morgan fingerprint density at radius 1 is 1.14 bits per heavy atom. The van der Waals surface area contributed by atoms with Gasteiger partial charge in [-0.05, 0) is 36.8 Å². The molecule has 0 saturated carbocycles. The van der Waals surface area contributed by atoms with Crippen LogP contribution in [0.2, 0.25) is 5.02 Å². The van der Waals surface area contributed by atoms with Crippen molar-refractivity contribution in [2.24, 2.45) is 0 Å². The highest BCUT2D eigenvalue weighted by Gasteiger charge is 2.19. The van der Waals surface area contributed by atoms with Crippen molar-refractivity contribution in [3.8, 4) is 0 Å². The van der Waals surface area contributed by atoms with Crippen LogP contribution in [0.5, 0.6) is 0 Å². The number of anilines is 1. The molecule has 1 N–H and O–H groups in total. The summed E-state index contributed by atoms with van der Waals surface area (Å²) < 4.78 is 0. The van der Waals surface area contributed by atoms with Gasteiger partial charge >= 0.3 is 0 Å². The maximum atomic E-state index is 12.7. The molecule has 2 aromatic carbocycles. The Morgan fingerprint density at radius 3 is 2.57 bits per heavy atom. The molecule has 0 atom stereocenters. The lowest BCUT2D eigenvalue weighted by molar-refractivity contribution is 0.0988. The van der Waals surface area contributed by atoms with E-state index in [0.717, 1.165) is 22.2 Å². The molecular formula is C17H15ClN2O. The maximum Gasteiger partial charge on any atom is 0.274 e. The van der Waals surface area contributed by atoms with E-state index >= 15 is 0 Å². The van der Waals surface area contributed by atoms with Crippen LogP contribution >= 0.6 is 11.6 Å². The zero-order valence-electron chi connectivity index (χ0n) is 11.9. The van der Waals surface area contributed by atoms with Gasteiger partial charge in [0.15, 0.2) is 0 Å². The Labute approximate surface area is 128 Å². The number of H-pyrrole nitrogens is 1. The van der Waals surface area contributed by atoms with E-state index in [1.54, 1.807) is 11.9 Å². The van der Waals surface area contributed by atoms with Crippen molar-refractivity contribution in [1.82, 2.24) is 4.98 Å². The molecule has 4 heteroatoms. The third-order valence-electron chi connectivity index (χ3n) is 3.68. The number of fused-ring (bicyclic) bond motifs is 1. The first-order valence-corrected chi connectivity index (χ1v) is 7.06. The zero-order valence-corrected chi connectivity index (χ0v) is 12.6. The van der Waals surface area contributed by atoms with E-state index in [2.05, 4.69) is 4.98 Å². The molecule has 0 spiro atoms. The van der Waals surface area contributed by atoms with Crippen molar-refractivity contribution in [2.45, 2.75) is 6.92 Å². The van der Waals surface area contributed by atoms with E-state index in [-0.39, 0.29) is 5.91 Å². The van der Waals surface area contributed by atoms with Crippen molar-refractivity contribution in [3.63, 3.8) is 0 Å². The van der Waals surface area contributed by atoms with Crippen LogP contribution in [0.4, 0.5) is 5.69 Å². The molecule has 21 heavy (non-hydrogen) atoms. The third-order valence-corrected chi connectivity index (χ3v) is 3.92. The molecule has 106 valence electrons. The van der Waals surface area contributed by atoms with Gasteiger partial charge in [0, 0.05) is 28.7 Å². The fourth-order valence-corrected chi connectivity index (χ4v) is 2.63.